The maximum atomic E-state index is 12.8. The van der Waals surface area contributed by atoms with Gasteiger partial charge in [-0.15, -0.1) is 11.6 Å². The van der Waals surface area contributed by atoms with Crippen LogP contribution in [0.3, 0.4) is 0 Å². The van der Waals surface area contributed by atoms with Crippen molar-refractivity contribution in [3.63, 3.8) is 0 Å². The average Bonchev–Trinajstić information content (AvgIpc) is 2.39. The summed E-state index contributed by atoms with van der Waals surface area (Å²) in [5.41, 5.74) is 0.874. The number of hydrogen-bond donors (Lipinski definition) is 0. The third-order valence-electron chi connectivity index (χ3n) is 2.78. The molecule has 1 aliphatic heterocycles. The average molecular weight is 258 g/mol. The lowest BCUT2D eigenvalue weighted by molar-refractivity contribution is -0.136. The maximum Gasteiger partial charge on any atom is 0.237 e. The van der Waals surface area contributed by atoms with Gasteiger partial charge in [-0.05, 0) is 17.7 Å². The van der Waals surface area contributed by atoms with Gasteiger partial charge in [0, 0.05) is 6.54 Å². The van der Waals surface area contributed by atoms with Gasteiger partial charge in [-0.1, -0.05) is 12.1 Å². The monoisotopic (exact) mass is 257 g/mol. The molecular formula is C12H13ClFNO2. The van der Waals surface area contributed by atoms with Crippen molar-refractivity contribution in [1.29, 1.82) is 0 Å². The number of benzene rings is 1. The number of rotatable bonds is 2. The van der Waals surface area contributed by atoms with Crippen LogP contribution in [0.5, 0.6) is 0 Å². The Morgan fingerprint density at radius 3 is 2.82 bits per heavy atom. The Morgan fingerprint density at radius 2 is 2.18 bits per heavy atom. The Bertz CT molecular complexity index is 396. The van der Waals surface area contributed by atoms with E-state index in [1.54, 1.807) is 17.0 Å². The van der Waals surface area contributed by atoms with Crippen LogP contribution in [-0.2, 0) is 9.53 Å². The summed E-state index contributed by atoms with van der Waals surface area (Å²) in [4.78, 5) is 13.1. The maximum absolute atomic E-state index is 12.8. The number of morpholine rings is 1. The molecule has 0 unspecified atom stereocenters. The van der Waals surface area contributed by atoms with Gasteiger partial charge in [0.15, 0.2) is 0 Å². The highest BCUT2D eigenvalue weighted by molar-refractivity contribution is 6.27. The Hall–Kier alpha value is -1.13. The fourth-order valence-electron chi connectivity index (χ4n) is 1.84. The smallest absolute Gasteiger partial charge is 0.237 e. The van der Waals surface area contributed by atoms with Gasteiger partial charge in [0.1, 0.15) is 17.8 Å². The normalized spacial score (nSPS) is 20.4. The number of nitrogens with zero attached hydrogens (tertiary/aromatic N) is 1. The first kappa shape index (κ1) is 12.3. The second-order valence-corrected chi connectivity index (χ2v) is 4.15. The van der Waals surface area contributed by atoms with E-state index in [9.17, 15) is 9.18 Å². The van der Waals surface area contributed by atoms with Gasteiger partial charge >= 0.3 is 0 Å². The molecule has 1 heterocycles. The van der Waals surface area contributed by atoms with Crippen LogP contribution in [0.1, 0.15) is 11.7 Å². The molecule has 5 heteroatoms. The molecule has 92 valence electrons. The second kappa shape index (κ2) is 5.47. The summed E-state index contributed by atoms with van der Waals surface area (Å²) >= 11 is 5.52. The summed E-state index contributed by atoms with van der Waals surface area (Å²) in [6.45, 7) is 1.51. The molecule has 1 aliphatic rings. The lowest BCUT2D eigenvalue weighted by atomic mass is 10.1. The summed E-state index contributed by atoms with van der Waals surface area (Å²) in [6, 6.07) is 6.13. The molecule has 1 aromatic rings. The van der Waals surface area contributed by atoms with E-state index in [0.717, 1.165) is 5.56 Å². The third-order valence-corrected chi connectivity index (χ3v) is 3.00. The number of ether oxygens (including phenoxy) is 1. The van der Waals surface area contributed by atoms with Gasteiger partial charge in [0.2, 0.25) is 5.91 Å². The highest BCUT2D eigenvalue weighted by Gasteiger charge is 2.24. The van der Waals surface area contributed by atoms with E-state index < -0.39 is 0 Å². The number of amides is 1. The molecule has 0 saturated carbocycles. The Kier molecular flexibility index (Phi) is 3.97. The number of carbonyl (C=O) groups excluding carboxylic acids is 1. The van der Waals surface area contributed by atoms with Crippen LogP contribution in [0.4, 0.5) is 4.39 Å². The van der Waals surface area contributed by atoms with E-state index >= 15 is 0 Å². The molecule has 1 amide bonds. The molecule has 0 N–H and O–H groups in total. The molecule has 0 aliphatic carbocycles. The minimum atomic E-state index is -0.279. The lowest BCUT2D eigenvalue weighted by Crippen LogP contribution is -2.42. The van der Waals surface area contributed by atoms with Crippen molar-refractivity contribution in [3.8, 4) is 0 Å². The molecule has 1 atom stereocenters. The third kappa shape index (κ3) is 2.96. The predicted octanol–water partition coefficient (Wildman–Crippen LogP) is 1.96. The van der Waals surface area contributed by atoms with Gasteiger partial charge in [-0.2, -0.15) is 0 Å². The Labute approximate surface area is 104 Å². The quantitative estimate of drug-likeness (QED) is 0.758. The lowest BCUT2D eigenvalue weighted by Gasteiger charge is -2.32. The molecule has 0 spiro atoms. The van der Waals surface area contributed by atoms with Gasteiger partial charge in [0.05, 0.1) is 13.2 Å². The number of alkyl halides is 1. The SMILES string of the molecule is O=C(CCl)N1CCO[C@H](c2ccc(F)cc2)C1. The topological polar surface area (TPSA) is 29.5 Å². The van der Waals surface area contributed by atoms with Gasteiger partial charge in [0.25, 0.3) is 0 Å². The van der Waals surface area contributed by atoms with Crippen LogP contribution in [0, 0.1) is 5.82 Å². The number of hydrogen-bond acceptors (Lipinski definition) is 2. The fourth-order valence-corrected chi connectivity index (χ4v) is 2.01. The van der Waals surface area contributed by atoms with E-state index in [2.05, 4.69) is 0 Å². The molecule has 3 nitrogen and oxygen atoms in total. The van der Waals surface area contributed by atoms with E-state index in [-0.39, 0.29) is 23.7 Å². The minimum Gasteiger partial charge on any atom is -0.370 e. The van der Waals surface area contributed by atoms with Crippen LogP contribution in [-0.4, -0.2) is 36.4 Å². The molecule has 1 saturated heterocycles. The van der Waals surface area contributed by atoms with Crippen molar-refractivity contribution in [2.45, 2.75) is 6.10 Å². The van der Waals surface area contributed by atoms with Crippen LogP contribution < -0.4 is 0 Å². The summed E-state index contributed by atoms with van der Waals surface area (Å²) in [7, 11) is 0. The van der Waals surface area contributed by atoms with Gasteiger partial charge in [-0.3, -0.25) is 4.79 Å². The molecule has 1 fully saturated rings. The zero-order valence-electron chi connectivity index (χ0n) is 9.23. The van der Waals surface area contributed by atoms with E-state index in [1.165, 1.54) is 12.1 Å². The molecular weight excluding hydrogens is 245 g/mol. The summed E-state index contributed by atoms with van der Waals surface area (Å²) in [5, 5.41) is 0. The van der Waals surface area contributed by atoms with Crippen LogP contribution in [0.25, 0.3) is 0 Å². The molecule has 17 heavy (non-hydrogen) atoms. The second-order valence-electron chi connectivity index (χ2n) is 3.88. The molecule has 1 aromatic carbocycles. The van der Waals surface area contributed by atoms with Crippen LogP contribution in [0.2, 0.25) is 0 Å². The van der Waals surface area contributed by atoms with Crippen LogP contribution in [0.15, 0.2) is 24.3 Å². The van der Waals surface area contributed by atoms with Crippen molar-refractivity contribution < 1.29 is 13.9 Å². The standard InChI is InChI=1S/C12H13ClFNO2/c13-7-12(16)15-5-6-17-11(8-15)9-1-3-10(14)4-2-9/h1-4,11H,5-8H2/t11-/m0/s1. The first-order valence-corrected chi connectivity index (χ1v) is 5.95. The summed E-state index contributed by atoms with van der Waals surface area (Å²) in [6.07, 6.45) is -0.198. The van der Waals surface area contributed by atoms with Gasteiger partial charge in [-0.25, -0.2) is 4.39 Å². The first-order valence-electron chi connectivity index (χ1n) is 5.41. The minimum absolute atomic E-state index is 0.0177. The fraction of sp³-hybridized carbons (Fsp3) is 0.417. The summed E-state index contributed by atoms with van der Waals surface area (Å²) < 4.78 is 18.4. The summed E-state index contributed by atoms with van der Waals surface area (Å²) in [5.74, 6) is -0.392. The number of carbonyl (C=O) groups is 1. The van der Waals surface area contributed by atoms with E-state index in [0.29, 0.717) is 19.7 Å². The van der Waals surface area contributed by atoms with Gasteiger partial charge < -0.3 is 9.64 Å². The molecule has 0 aromatic heterocycles. The van der Waals surface area contributed by atoms with Crippen molar-refractivity contribution in [3.05, 3.63) is 35.6 Å². The molecule has 0 radical (unpaired) electrons. The highest BCUT2D eigenvalue weighted by atomic mass is 35.5. The zero-order chi connectivity index (χ0) is 12.3. The van der Waals surface area contributed by atoms with Crippen molar-refractivity contribution in [1.82, 2.24) is 4.90 Å². The Morgan fingerprint density at radius 1 is 1.47 bits per heavy atom. The van der Waals surface area contributed by atoms with Crippen LogP contribution >= 0.6 is 11.6 Å². The first-order chi connectivity index (χ1) is 8.20. The van der Waals surface area contributed by atoms with Crippen molar-refractivity contribution in [2.75, 3.05) is 25.6 Å². The Balaban J connectivity index is 2.06. The van der Waals surface area contributed by atoms with E-state index in [4.69, 9.17) is 16.3 Å². The zero-order valence-corrected chi connectivity index (χ0v) is 9.99. The largest absolute Gasteiger partial charge is 0.370 e. The predicted molar refractivity (Wildman–Crippen MR) is 62.4 cm³/mol. The number of halogens is 2. The van der Waals surface area contributed by atoms with E-state index in [1.807, 2.05) is 0 Å². The van der Waals surface area contributed by atoms with Crippen molar-refractivity contribution >= 4 is 17.5 Å². The highest BCUT2D eigenvalue weighted by Crippen LogP contribution is 2.22. The molecule has 0 bridgehead atoms. The van der Waals surface area contributed by atoms with Crippen molar-refractivity contribution in [2.24, 2.45) is 0 Å². The molecule has 2 rings (SSSR count).